The van der Waals surface area contributed by atoms with E-state index < -0.39 is 0 Å². The minimum absolute atomic E-state index is 0.0374. The number of piperidine rings is 1. The Labute approximate surface area is 165 Å². The summed E-state index contributed by atoms with van der Waals surface area (Å²) in [7, 11) is 0. The first-order chi connectivity index (χ1) is 13.6. The van der Waals surface area contributed by atoms with Crippen LogP contribution in [0.4, 0.5) is 0 Å². The van der Waals surface area contributed by atoms with Crippen LogP contribution >= 0.6 is 0 Å². The first kappa shape index (κ1) is 18.5. The standard InChI is InChI=1S/C22H27N5O/c1-4-19-15(3)20(26-24-19)22(28)27-10-8-16(9-11-27)21-18(13-23-25-21)17-7-5-6-14(2)12-17/h5-7,12-13,16H,4,8-11H2,1-3H3,(H,23,25)(H,24,26). The number of H-pyrrole nitrogens is 2. The van der Waals surface area contributed by atoms with Crippen molar-refractivity contribution in [3.8, 4) is 11.1 Å². The van der Waals surface area contributed by atoms with Crippen LogP contribution in [0.5, 0.6) is 0 Å². The van der Waals surface area contributed by atoms with Crippen LogP contribution in [0.25, 0.3) is 11.1 Å². The minimum Gasteiger partial charge on any atom is -0.337 e. The predicted octanol–water partition coefficient (Wildman–Crippen LogP) is 4.00. The molecule has 0 atom stereocenters. The Morgan fingerprint density at radius 3 is 2.68 bits per heavy atom. The lowest BCUT2D eigenvalue weighted by atomic mass is 9.89. The third-order valence-electron chi connectivity index (χ3n) is 5.85. The number of aromatic nitrogens is 4. The molecule has 0 spiro atoms. The summed E-state index contributed by atoms with van der Waals surface area (Å²) < 4.78 is 0. The first-order valence-electron chi connectivity index (χ1n) is 10.0. The average molecular weight is 377 g/mol. The number of aryl methyl sites for hydroxylation is 2. The van der Waals surface area contributed by atoms with Gasteiger partial charge in [-0.2, -0.15) is 10.2 Å². The highest BCUT2D eigenvalue weighted by molar-refractivity contribution is 5.94. The van der Waals surface area contributed by atoms with Crippen LogP contribution in [-0.4, -0.2) is 44.3 Å². The minimum atomic E-state index is 0.0374. The molecule has 1 saturated heterocycles. The molecule has 1 aliphatic heterocycles. The average Bonchev–Trinajstić information content (AvgIpc) is 3.34. The molecule has 146 valence electrons. The van der Waals surface area contributed by atoms with Crippen LogP contribution in [0.3, 0.4) is 0 Å². The van der Waals surface area contributed by atoms with Crippen molar-refractivity contribution in [1.82, 2.24) is 25.3 Å². The molecule has 1 aliphatic rings. The van der Waals surface area contributed by atoms with E-state index in [0.29, 0.717) is 11.6 Å². The van der Waals surface area contributed by atoms with E-state index in [2.05, 4.69) is 58.5 Å². The van der Waals surface area contributed by atoms with Gasteiger partial charge < -0.3 is 4.90 Å². The molecular weight excluding hydrogens is 350 g/mol. The van der Waals surface area contributed by atoms with Crippen molar-refractivity contribution >= 4 is 5.91 Å². The van der Waals surface area contributed by atoms with Crippen LogP contribution < -0.4 is 0 Å². The van der Waals surface area contributed by atoms with Crippen molar-refractivity contribution in [3.63, 3.8) is 0 Å². The zero-order chi connectivity index (χ0) is 19.7. The number of hydrogen-bond acceptors (Lipinski definition) is 3. The van der Waals surface area contributed by atoms with Crippen molar-refractivity contribution in [1.29, 1.82) is 0 Å². The molecule has 28 heavy (non-hydrogen) atoms. The fourth-order valence-electron chi connectivity index (χ4n) is 4.16. The summed E-state index contributed by atoms with van der Waals surface area (Å²) in [5.41, 5.74) is 7.37. The van der Waals surface area contributed by atoms with Gasteiger partial charge in [0.25, 0.3) is 5.91 Å². The van der Waals surface area contributed by atoms with Crippen LogP contribution in [0.15, 0.2) is 30.5 Å². The van der Waals surface area contributed by atoms with Gasteiger partial charge in [0.15, 0.2) is 5.69 Å². The number of nitrogens with zero attached hydrogens (tertiary/aromatic N) is 3. The highest BCUT2D eigenvalue weighted by Crippen LogP contribution is 2.34. The number of carbonyl (C=O) groups is 1. The highest BCUT2D eigenvalue weighted by Gasteiger charge is 2.29. The molecule has 6 nitrogen and oxygen atoms in total. The molecule has 0 unspecified atom stereocenters. The number of carbonyl (C=O) groups excluding carboxylic acids is 1. The van der Waals surface area contributed by atoms with E-state index in [-0.39, 0.29) is 5.91 Å². The molecule has 0 saturated carbocycles. The lowest BCUT2D eigenvalue weighted by Crippen LogP contribution is -2.38. The Morgan fingerprint density at radius 1 is 1.21 bits per heavy atom. The molecule has 3 aromatic rings. The third kappa shape index (κ3) is 3.35. The largest absolute Gasteiger partial charge is 0.337 e. The lowest BCUT2D eigenvalue weighted by Gasteiger charge is -2.31. The van der Waals surface area contributed by atoms with Gasteiger partial charge in [0, 0.05) is 41.5 Å². The van der Waals surface area contributed by atoms with E-state index in [1.807, 2.05) is 18.0 Å². The SMILES string of the molecule is CCc1[nH]nc(C(=O)N2CCC(c3[nH]ncc3-c3cccc(C)c3)CC2)c1C. The molecule has 1 amide bonds. The Balaban J connectivity index is 1.47. The molecule has 3 heterocycles. The number of aromatic amines is 2. The van der Waals surface area contributed by atoms with Crippen LogP contribution in [0.2, 0.25) is 0 Å². The summed E-state index contributed by atoms with van der Waals surface area (Å²) >= 11 is 0. The van der Waals surface area contributed by atoms with Gasteiger partial charge in [0.05, 0.1) is 6.20 Å². The second-order valence-electron chi connectivity index (χ2n) is 7.66. The van der Waals surface area contributed by atoms with E-state index in [1.165, 1.54) is 22.4 Å². The lowest BCUT2D eigenvalue weighted by molar-refractivity contribution is 0.0705. The molecule has 1 aromatic carbocycles. The van der Waals surface area contributed by atoms with E-state index in [0.717, 1.165) is 43.6 Å². The quantitative estimate of drug-likeness (QED) is 0.721. The smallest absolute Gasteiger partial charge is 0.274 e. The number of rotatable bonds is 4. The first-order valence-corrected chi connectivity index (χ1v) is 10.0. The number of hydrogen-bond donors (Lipinski definition) is 2. The summed E-state index contributed by atoms with van der Waals surface area (Å²) in [4.78, 5) is 14.8. The van der Waals surface area contributed by atoms with Crippen LogP contribution in [0, 0.1) is 13.8 Å². The van der Waals surface area contributed by atoms with Crippen molar-refractivity contribution in [2.24, 2.45) is 0 Å². The summed E-state index contributed by atoms with van der Waals surface area (Å²) in [5, 5.41) is 14.8. The monoisotopic (exact) mass is 377 g/mol. The maximum absolute atomic E-state index is 12.9. The van der Waals surface area contributed by atoms with E-state index in [4.69, 9.17) is 0 Å². The molecule has 2 aromatic heterocycles. The summed E-state index contributed by atoms with van der Waals surface area (Å²) in [5.74, 6) is 0.420. The van der Waals surface area contributed by atoms with Crippen LogP contribution in [0.1, 0.15) is 58.7 Å². The van der Waals surface area contributed by atoms with E-state index >= 15 is 0 Å². The Hall–Kier alpha value is -2.89. The number of benzene rings is 1. The maximum Gasteiger partial charge on any atom is 0.274 e. The maximum atomic E-state index is 12.9. The fourth-order valence-corrected chi connectivity index (χ4v) is 4.16. The van der Waals surface area contributed by atoms with Gasteiger partial charge in [-0.1, -0.05) is 36.8 Å². The van der Waals surface area contributed by atoms with Crippen molar-refractivity contribution < 1.29 is 4.79 Å². The van der Waals surface area contributed by atoms with E-state index in [1.54, 1.807) is 0 Å². The van der Waals surface area contributed by atoms with Gasteiger partial charge in [0.2, 0.25) is 0 Å². The molecule has 4 rings (SSSR count). The number of amides is 1. The third-order valence-corrected chi connectivity index (χ3v) is 5.85. The fraction of sp³-hybridized carbons (Fsp3) is 0.409. The predicted molar refractivity (Wildman–Crippen MR) is 109 cm³/mol. The second kappa shape index (κ2) is 7.62. The molecule has 2 N–H and O–H groups in total. The Morgan fingerprint density at radius 2 is 2.00 bits per heavy atom. The van der Waals surface area contributed by atoms with Crippen molar-refractivity contribution in [2.45, 2.75) is 46.0 Å². The normalized spacial score (nSPS) is 15.2. The molecule has 0 radical (unpaired) electrons. The van der Waals surface area contributed by atoms with Crippen molar-refractivity contribution in [2.75, 3.05) is 13.1 Å². The number of nitrogens with one attached hydrogen (secondary N) is 2. The Bertz CT molecular complexity index is 978. The van der Waals surface area contributed by atoms with Gasteiger partial charge in [-0.05, 0) is 38.7 Å². The summed E-state index contributed by atoms with van der Waals surface area (Å²) in [6, 6.07) is 8.51. The zero-order valence-corrected chi connectivity index (χ0v) is 16.7. The summed E-state index contributed by atoms with van der Waals surface area (Å²) in [6.45, 7) is 7.62. The van der Waals surface area contributed by atoms with E-state index in [9.17, 15) is 4.79 Å². The van der Waals surface area contributed by atoms with Crippen LogP contribution in [-0.2, 0) is 6.42 Å². The topological polar surface area (TPSA) is 77.7 Å². The molecule has 0 aliphatic carbocycles. The molecular formula is C22H27N5O. The summed E-state index contributed by atoms with van der Waals surface area (Å²) in [6.07, 6.45) is 4.63. The second-order valence-corrected chi connectivity index (χ2v) is 7.66. The molecule has 1 fully saturated rings. The van der Waals surface area contributed by atoms with Gasteiger partial charge in [-0.3, -0.25) is 15.0 Å². The highest BCUT2D eigenvalue weighted by atomic mass is 16.2. The number of likely N-dealkylation sites (tertiary alicyclic amines) is 1. The molecule has 6 heteroatoms. The van der Waals surface area contributed by atoms with Crippen molar-refractivity contribution in [3.05, 3.63) is 58.7 Å². The van der Waals surface area contributed by atoms with Gasteiger partial charge >= 0.3 is 0 Å². The Kier molecular flexibility index (Phi) is 5.03. The molecule has 0 bridgehead atoms. The van der Waals surface area contributed by atoms with Gasteiger partial charge in [-0.25, -0.2) is 0 Å². The zero-order valence-electron chi connectivity index (χ0n) is 16.7. The van der Waals surface area contributed by atoms with Gasteiger partial charge in [-0.15, -0.1) is 0 Å². The van der Waals surface area contributed by atoms with Gasteiger partial charge in [0.1, 0.15) is 0 Å².